The number of hydrogen-bond acceptors (Lipinski definition) is 2. The Labute approximate surface area is 85.9 Å². The first-order valence-corrected chi connectivity index (χ1v) is 5.31. The topological polar surface area (TPSA) is 49.3 Å². The Hall–Kier alpha value is -0.570. The first-order chi connectivity index (χ1) is 6.34. The third-order valence-electron chi connectivity index (χ3n) is 3.23. The zero-order chi connectivity index (χ0) is 10.9. The molecule has 82 valence electrons. The molecule has 1 fully saturated rings. The summed E-state index contributed by atoms with van der Waals surface area (Å²) in [6.45, 7) is 9.16. The Kier molecular flexibility index (Phi) is 3.20. The van der Waals surface area contributed by atoms with Gasteiger partial charge in [-0.2, -0.15) is 0 Å². The summed E-state index contributed by atoms with van der Waals surface area (Å²) < 4.78 is 0. The third kappa shape index (κ3) is 2.71. The van der Waals surface area contributed by atoms with Gasteiger partial charge < -0.3 is 10.4 Å². The van der Waals surface area contributed by atoms with E-state index in [1.165, 1.54) is 6.42 Å². The second kappa shape index (κ2) is 3.89. The number of hydrogen-bond donors (Lipinski definition) is 2. The van der Waals surface area contributed by atoms with Crippen molar-refractivity contribution in [1.82, 2.24) is 5.32 Å². The van der Waals surface area contributed by atoms with Gasteiger partial charge in [0.05, 0.1) is 0 Å². The van der Waals surface area contributed by atoms with Crippen LogP contribution < -0.4 is 5.32 Å². The number of rotatable bonds is 5. The zero-order valence-corrected chi connectivity index (χ0v) is 9.50. The Bertz CT molecular complexity index is 223. The van der Waals surface area contributed by atoms with Crippen LogP contribution in [0.15, 0.2) is 0 Å². The lowest BCUT2D eigenvalue weighted by Crippen LogP contribution is -2.42. The van der Waals surface area contributed by atoms with E-state index in [1.54, 1.807) is 0 Å². The largest absolute Gasteiger partial charge is 0.480 e. The lowest BCUT2D eigenvalue weighted by atomic mass is 10.0. The Morgan fingerprint density at radius 1 is 1.57 bits per heavy atom. The highest BCUT2D eigenvalue weighted by molar-refractivity contribution is 5.73. The molecule has 0 spiro atoms. The van der Waals surface area contributed by atoms with Gasteiger partial charge in [-0.1, -0.05) is 27.7 Å². The number of aliphatic carboxylic acids is 1. The normalized spacial score (nSPS) is 26.2. The molecular formula is C11H21NO2. The number of carboxylic acid groups (broad SMARTS) is 1. The van der Waals surface area contributed by atoms with Crippen molar-refractivity contribution in [2.45, 2.75) is 40.2 Å². The van der Waals surface area contributed by atoms with Crippen molar-refractivity contribution in [2.75, 3.05) is 6.54 Å². The summed E-state index contributed by atoms with van der Waals surface area (Å²) in [5.41, 5.74) is 0.424. The summed E-state index contributed by atoms with van der Waals surface area (Å²) >= 11 is 0. The molecule has 3 nitrogen and oxygen atoms in total. The molecule has 0 heterocycles. The van der Waals surface area contributed by atoms with Crippen LogP contribution in [-0.4, -0.2) is 23.7 Å². The molecule has 1 saturated carbocycles. The van der Waals surface area contributed by atoms with Crippen LogP contribution >= 0.6 is 0 Å². The maximum Gasteiger partial charge on any atom is 0.320 e. The monoisotopic (exact) mass is 199 g/mol. The summed E-state index contributed by atoms with van der Waals surface area (Å²) in [6, 6.07) is -0.397. The fourth-order valence-corrected chi connectivity index (χ4v) is 1.80. The predicted molar refractivity (Wildman–Crippen MR) is 56.2 cm³/mol. The third-order valence-corrected chi connectivity index (χ3v) is 3.23. The zero-order valence-electron chi connectivity index (χ0n) is 9.50. The van der Waals surface area contributed by atoms with Crippen molar-refractivity contribution >= 4 is 5.97 Å². The fourth-order valence-electron chi connectivity index (χ4n) is 1.80. The fraction of sp³-hybridized carbons (Fsp3) is 0.909. The predicted octanol–water partition coefficient (Wildman–Crippen LogP) is 1.73. The van der Waals surface area contributed by atoms with Gasteiger partial charge >= 0.3 is 5.97 Å². The highest BCUT2D eigenvalue weighted by Crippen LogP contribution is 2.51. The van der Waals surface area contributed by atoms with Gasteiger partial charge in [-0.05, 0) is 30.2 Å². The quantitative estimate of drug-likeness (QED) is 0.709. The van der Waals surface area contributed by atoms with Crippen molar-refractivity contribution in [1.29, 1.82) is 0 Å². The van der Waals surface area contributed by atoms with Crippen molar-refractivity contribution in [2.24, 2.45) is 17.3 Å². The molecule has 0 saturated heterocycles. The van der Waals surface area contributed by atoms with Gasteiger partial charge in [0.15, 0.2) is 0 Å². The van der Waals surface area contributed by atoms with Gasteiger partial charge in [0, 0.05) is 0 Å². The molecule has 14 heavy (non-hydrogen) atoms. The summed E-state index contributed by atoms with van der Waals surface area (Å²) in [7, 11) is 0. The molecule has 2 atom stereocenters. The Morgan fingerprint density at radius 3 is 2.36 bits per heavy atom. The molecule has 2 unspecified atom stereocenters. The van der Waals surface area contributed by atoms with E-state index >= 15 is 0 Å². The molecule has 1 rings (SSSR count). The van der Waals surface area contributed by atoms with E-state index in [-0.39, 0.29) is 5.92 Å². The van der Waals surface area contributed by atoms with Gasteiger partial charge in [0.2, 0.25) is 0 Å². The SMILES string of the molecule is CC(C)C(NCC1CC1(C)C)C(=O)O. The highest BCUT2D eigenvalue weighted by atomic mass is 16.4. The molecule has 0 bridgehead atoms. The number of carbonyl (C=O) groups is 1. The maximum atomic E-state index is 10.9. The van der Waals surface area contributed by atoms with Crippen LogP contribution in [0.3, 0.4) is 0 Å². The van der Waals surface area contributed by atoms with Crippen LogP contribution in [0.2, 0.25) is 0 Å². The van der Waals surface area contributed by atoms with Crippen LogP contribution in [0.4, 0.5) is 0 Å². The molecule has 2 N–H and O–H groups in total. The standard InChI is InChI=1S/C11H21NO2/c1-7(2)9(10(13)14)12-6-8-5-11(8,3)4/h7-9,12H,5-6H2,1-4H3,(H,13,14). The number of carboxylic acids is 1. The van der Waals surface area contributed by atoms with Crippen LogP contribution in [0.1, 0.15) is 34.1 Å². The highest BCUT2D eigenvalue weighted by Gasteiger charge is 2.45. The van der Waals surface area contributed by atoms with Crippen molar-refractivity contribution in [3.63, 3.8) is 0 Å². The molecule has 0 aromatic rings. The summed E-state index contributed by atoms with van der Waals surface area (Å²) in [5, 5.41) is 12.1. The minimum Gasteiger partial charge on any atom is -0.480 e. The van der Waals surface area contributed by atoms with E-state index < -0.39 is 12.0 Å². The van der Waals surface area contributed by atoms with Gasteiger partial charge in [-0.3, -0.25) is 4.79 Å². The Balaban J connectivity index is 2.32. The second-order valence-corrected chi connectivity index (χ2v) is 5.36. The van der Waals surface area contributed by atoms with Gasteiger partial charge in [0.1, 0.15) is 6.04 Å². The molecule has 1 aliphatic rings. The lowest BCUT2D eigenvalue weighted by molar-refractivity contribution is -0.140. The summed E-state index contributed by atoms with van der Waals surface area (Å²) in [4.78, 5) is 10.9. The molecule has 1 aliphatic carbocycles. The van der Waals surface area contributed by atoms with Crippen LogP contribution in [0.25, 0.3) is 0 Å². The average molecular weight is 199 g/mol. The first-order valence-electron chi connectivity index (χ1n) is 5.31. The van der Waals surface area contributed by atoms with Crippen molar-refractivity contribution in [3.8, 4) is 0 Å². The summed E-state index contributed by atoms with van der Waals surface area (Å²) in [5.74, 6) is 0.0657. The molecule has 0 amide bonds. The van der Waals surface area contributed by atoms with Crippen LogP contribution in [0.5, 0.6) is 0 Å². The molecular weight excluding hydrogens is 178 g/mol. The van der Waals surface area contributed by atoms with Crippen molar-refractivity contribution < 1.29 is 9.90 Å². The molecule has 3 heteroatoms. The average Bonchev–Trinajstić information content (AvgIpc) is 2.57. The van der Waals surface area contributed by atoms with Gasteiger partial charge in [-0.15, -0.1) is 0 Å². The lowest BCUT2D eigenvalue weighted by Gasteiger charge is -2.18. The minimum atomic E-state index is -0.738. The first kappa shape index (κ1) is 11.5. The van der Waals surface area contributed by atoms with E-state index in [1.807, 2.05) is 13.8 Å². The van der Waals surface area contributed by atoms with E-state index in [2.05, 4.69) is 19.2 Å². The molecule has 0 radical (unpaired) electrons. The molecule has 0 aliphatic heterocycles. The van der Waals surface area contributed by atoms with E-state index in [9.17, 15) is 4.79 Å². The molecule has 0 aromatic carbocycles. The van der Waals surface area contributed by atoms with E-state index in [0.29, 0.717) is 11.3 Å². The van der Waals surface area contributed by atoms with Crippen molar-refractivity contribution in [3.05, 3.63) is 0 Å². The second-order valence-electron chi connectivity index (χ2n) is 5.36. The van der Waals surface area contributed by atoms with Crippen LogP contribution in [-0.2, 0) is 4.79 Å². The van der Waals surface area contributed by atoms with Crippen LogP contribution in [0, 0.1) is 17.3 Å². The number of nitrogens with one attached hydrogen (secondary N) is 1. The van der Waals surface area contributed by atoms with E-state index in [0.717, 1.165) is 6.54 Å². The van der Waals surface area contributed by atoms with Gasteiger partial charge in [-0.25, -0.2) is 0 Å². The maximum absolute atomic E-state index is 10.9. The summed E-state index contributed by atoms with van der Waals surface area (Å²) in [6.07, 6.45) is 1.21. The van der Waals surface area contributed by atoms with E-state index in [4.69, 9.17) is 5.11 Å². The smallest absolute Gasteiger partial charge is 0.320 e. The molecule has 0 aromatic heterocycles. The Morgan fingerprint density at radius 2 is 2.07 bits per heavy atom. The minimum absolute atomic E-state index is 0.148. The van der Waals surface area contributed by atoms with Gasteiger partial charge in [0.25, 0.3) is 0 Å².